The van der Waals surface area contributed by atoms with Crippen molar-refractivity contribution < 1.29 is 4.79 Å². The van der Waals surface area contributed by atoms with Gasteiger partial charge in [-0.1, -0.05) is 41.9 Å². The standard InChI is InChI=1S/C20H18ClN3OS/c21-16-8-6-15(7-9-16)14-18-19(25)22-20(26-18)24-12-10-23(11-13-24)17-4-2-1-3-5-17/h1-9,14H,10-13H2/b18-14-. The zero-order valence-electron chi connectivity index (χ0n) is 14.1. The molecular weight excluding hydrogens is 366 g/mol. The molecule has 2 aliphatic heterocycles. The predicted octanol–water partition coefficient (Wildman–Crippen LogP) is 4.13. The lowest BCUT2D eigenvalue weighted by molar-refractivity contribution is -0.113. The molecule has 0 unspecified atom stereocenters. The van der Waals surface area contributed by atoms with Crippen molar-refractivity contribution in [2.45, 2.75) is 0 Å². The van der Waals surface area contributed by atoms with Crippen molar-refractivity contribution in [2.24, 2.45) is 4.99 Å². The van der Waals surface area contributed by atoms with Crippen LogP contribution in [-0.4, -0.2) is 42.2 Å². The predicted molar refractivity (Wildman–Crippen MR) is 110 cm³/mol. The van der Waals surface area contributed by atoms with Crippen molar-refractivity contribution in [3.05, 3.63) is 70.1 Å². The Balaban J connectivity index is 1.40. The molecule has 4 rings (SSSR count). The molecule has 0 aliphatic carbocycles. The van der Waals surface area contributed by atoms with E-state index in [0.717, 1.165) is 36.9 Å². The maximum absolute atomic E-state index is 12.2. The van der Waals surface area contributed by atoms with Crippen molar-refractivity contribution >= 4 is 46.2 Å². The van der Waals surface area contributed by atoms with Crippen LogP contribution in [0.3, 0.4) is 0 Å². The first-order chi connectivity index (χ1) is 12.7. The van der Waals surface area contributed by atoms with Crippen molar-refractivity contribution in [1.82, 2.24) is 4.90 Å². The molecule has 6 heteroatoms. The largest absolute Gasteiger partial charge is 0.368 e. The number of anilines is 1. The van der Waals surface area contributed by atoms with Crippen LogP contribution in [0.4, 0.5) is 5.69 Å². The minimum atomic E-state index is -0.162. The Bertz CT molecular complexity index is 856. The SMILES string of the molecule is O=C1N=C(N2CCN(c3ccccc3)CC2)S/C1=C\c1ccc(Cl)cc1. The summed E-state index contributed by atoms with van der Waals surface area (Å²) >= 11 is 7.37. The summed E-state index contributed by atoms with van der Waals surface area (Å²) in [6.07, 6.45) is 1.88. The molecule has 0 radical (unpaired) electrons. The summed E-state index contributed by atoms with van der Waals surface area (Å²) in [7, 11) is 0. The summed E-state index contributed by atoms with van der Waals surface area (Å²) in [6.45, 7) is 3.58. The third-order valence-corrected chi connectivity index (χ3v) is 5.74. The molecule has 0 bridgehead atoms. The van der Waals surface area contributed by atoms with Gasteiger partial charge < -0.3 is 9.80 Å². The number of hydrogen-bond acceptors (Lipinski definition) is 4. The summed E-state index contributed by atoms with van der Waals surface area (Å²) < 4.78 is 0. The second-order valence-corrected chi connectivity index (χ2v) is 7.62. The number of amidine groups is 1. The number of thioether (sulfide) groups is 1. The molecule has 2 aromatic carbocycles. The van der Waals surface area contributed by atoms with E-state index in [4.69, 9.17) is 11.6 Å². The van der Waals surface area contributed by atoms with Crippen LogP contribution in [0.25, 0.3) is 6.08 Å². The van der Waals surface area contributed by atoms with Gasteiger partial charge in [-0.3, -0.25) is 4.79 Å². The van der Waals surface area contributed by atoms with E-state index in [9.17, 15) is 4.79 Å². The van der Waals surface area contributed by atoms with Gasteiger partial charge in [0, 0.05) is 36.9 Å². The second-order valence-electron chi connectivity index (χ2n) is 6.17. The zero-order chi connectivity index (χ0) is 17.9. The van der Waals surface area contributed by atoms with E-state index in [-0.39, 0.29) is 5.91 Å². The van der Waals surface area contributed by atoms with Gasteiger partial charge in [0.25, 0.3) is 5.91 Å². The monoisotopic (exact) mass is 383 g/mol. The van der Waals surface area contributed by atoms with Gasteiger partial charge in [0.1, 0.15) is 0 Å². The molecule has 132 valence electrons. The summed E-state index contributed by atoms with van der Waals surface area (Å²) in [6, 6.07) is 17.9. The highest BCUT2D eigenvalue weighted by Crippen LogP contribution is 2.31. The minimum Gasteiger partial charge on any atom is -0.368 e. The molecule has 1 amide bonds. The highest BCUT2D eigenvalue weighted by atomic mass is 35.5. The van der Waals surface area contributed by atoms with Crippen LogP contribution in [0.15, 0.2) is 64.5 Å². The number of benzene rings is 2. The number of nitrogens with zero attached hydrogens (tertiary/aromatic N) is 3. The van der Waals surface area contributed by atoms with E-state index in [1.807, 2.05) is 36.4 Å². The summed E-state index contributed by atoms with van der Waals surface area (Å²) in [5.74, 6) is -0.162. The van der Waals surface area contributed by atoms with Crippen molar-refractivity contribution in [2.75, 3.05) is 31.1 Å². The summed E-state index contributed by atoms with van der Waals surface area (Å²) in [5, 5.41) is 1.49. The highest BCUT2D eigenvalue weighted by Gasteiger charge is 2.28. The van der Waals surface area contributed by atoms with E-state index in [2.05, 4.69) is 39.1 Å². The van der Waals surface area contributed by atoms with E-state index in [1.54, 1.807) is 0 Å². The minimum absolute atomic E-state index is 0.162. The van der Waals surface area contributed by atoms with Gasteiger partial charge in [0.2, 0.25) is 0 Å². The summed E-state index contributed by atoms with van der Waals surface area (Å²) in [4.78, 5) is 21.7. The van der Waals surface area contributed by atoms with Crippen LogP contribution in [0, 0.1) is 0 Å². The lowest BCUT2D eigenvalue weighted by atomic mass is 10.2. The molecular formula is C20H18ClN3OS. The molecule has 1 fully saturated rings. The number of para-hydroxylation sites is 1. The summed E-state index contributed by atoms with van der Waals surface area (Å²) in [5.41, 5.74) is 2.20. The van der Waals surface area contributed by atoms with Crippen molar-refractivity contribution in [1.29, 1.82) is 0 Å². The van der Waals surface area contributed by atoms with Crippen LogP contribution in [0.2, 0.25) is 5.02 Å². The molecule has 1 saturated heterocycles. The molecule has 26 heavy (non-hydrogen) atoms. The molecule has 0 atom stereocenters. The van der Waals surface area contributed by atoms with Crippen molar-refractivity contribution in [3.8, 4) is 0 Å². The third kappa shape index (κ3) is 3.79. The number of hydrogen-bond donors (Lipinski definition) is 0. The number of halogens is 1. The lowest BCUT2D eigenvalue weighted by Crippen LogP contribution is -2.47. The Labute approximate surface area is 162 Å². The van der Waals surface area contributed by atoms with Crippen molar-refractivity contribution in [3.63, 3.8) is 0 Å². The van der Waals surface area contributed by atoms with E-state index >= 15 is 0 Å². The first-order valence-corrected chi connectivity index (χ1v) is 9.71. The van der Waals surface area contributed by atoms with Gasteiger partial charge in [0.15, 0.2) is 5.17 Å². The fraction of sp³-hybridized carbons (Fsp3) is 0.200. The number of aliphatic imine (C=N–C) groups is 1. The Hall–Kier alpha value is -2.24. The second kappa shape index (κ2) is 7.56. The fourth-order valence-corrected chi connectivity index (χ4v) is 4.13. The normalized spacial score (nSPS) is 19.2. The Kier molecular flexibility index (Phi) is 5.00. The van der Waals surface area contributed by atoms with Crippen LogP contribution in [0.5, 0.6) is 0 Å². The number of piperazine rings is 1. The molecule has 0 N–H and O–H groups in total. The molecule has 4 nitrogen and oxygen atoms in total. The van der Waals surface area contributed by atoms with Gasteiger partial charge >= 0.3 is 0 Å². The molecule has 0 aromatic heterocycles. The molecule has 0 saturated carbocycles. The smallest absolute Gasteiger partial charge is 0.286 e. The van der Waals surface area contributed by atoms with Gasteiger partial charge in [-0.05, 0) is 47.7 Å². The Morgan fingerprint density at radius 1 is 0.923 bits per heavy atom. The van der Waals surface area contributed by atoms with Crippen LogP contribution < -0.4 is 4.90 Å². The van der Waals surface area contributed by atoms with Gasteiger partial charge in [-0.15, -0.1) is 0 Å². The van der Waals surface area contributed by atoms with Gasteiger partial charge in [-0.2, -0.15) is 4.99 Å². The highest BCUT2D eigenvalue weighted by molar-refractivity contribution is 8.18. The fourth-order valence-electron chi connectivity index (χ4n) is 3.04. The first kappa shape index (κ1) is 17.2. The molecule has 2 heterocycles. The van der Waals surface area contributed by atoms with E-state index in [0.29, 0.717) is 9.93 Å². The van der Waals surface area contributed by atoms with Gasteiger partial charge in [0.05, 0.1) is 4.91 Å². The number of carbonyl (C=O) groups excluding carboxylic acids is 1. The van der Waals surface area contributed by atoms with E-state index < -0.39 is 0 Å². The first-order valence-electron chi connectivity index (χ1n) is 8.52. The van der Waals surface area contributed by atoms with Crippen LogP contribution in [0.1, 0.15) is 5.56 Å². The third-order valence-electron chi connectivity index (χ3n) is 4.45. The molecule has 0 spiro atoms. The maximum atomic E-state index is 12.2. The maximum Gasteiger partial charge on any atom is 0.286 e. The zero-order valence-corrected chi connectivity index (χ0v) is 15.7. The quantitative estimate of drug-likeness (QED) is 0.730. The number of amides is 1. The number of carbonyl (C=O) groups is 1. The average Bonchev–Trinajstić information content (AvgIpc) is 3.05. The van der Waals surface area contributed by atoms with Crippen LogP contribution in [-0.2, 0) is 4.79 Å². The Morgan fingerprint density at radius 2 is 1.58 bits per heavy atom. The lowest BCUT2D eigenvalue weighted by Gasteiger charge is -2.36. The Morgan fingerprint density at radius 3 is 2.27 bits per heavy atom. The topological polar surface area (TPSA) is 35.9 Å². The van der Waals surface area contributed by atoms with E-state index in [1.165, 1.54) is 17.4 Å². The molecule has 2 aromatic rings. The molecule has 2 aliphatic rings. The number of rotatable bonds is 2. The van der Waals surface area contributed by atoms with Crippen LogP contribution >= 0.6 is 23.4 Å². The average molecular weight is 384 g/mol. The van der Waals surface area contributed by atoms with Gasteiger partial charge in [-0.25, -0.2) is 0 Å².